The first-order valence-electron chi connectivity index (χ1n) is 6.24. The second-order valence-electron chi connectivity index (χ2n) is 4.63. The molecule has 0 saturated heterocycles. The predicted octanol–water partition coefficient (Wildman–Crippen LogP) is 2.59. The minimum absolute atomic E-state index is 0.178. The van der Waals surface area contributed by atoms with Gasteiger partial charge in [0.1, 0.15) is 12.4 Å². The Morgan fingerprint density at radius 2 is 2.33 bits per heavy atom. The maximum Gasteiger partial charge on any atom is 0.174 e. The molecule has 1 heterocycles. The number of ether oxygens (including phenoxy) is 1. The normalized spacial score (nSPS) is 18.4. The molecular formula is C14H16N2O2. The number of fused-ring (bicyclic) bond motifs is 1. The quantitative estimate of drug-likeness (QED) is 0.901. The van der Waals surface area contributed by atoms with Gasteiger partial charge in [-0.15, -0.1) is 0 Å². The fourth-order valence-corrected chi connectivity index (χ4v) is 2.39. The second-order valence-corrected chi connectivity index (χ2v) is 4.63. The van der Waals surface area contributed by atoms with Crippen LogP contribution in [0.25, 0.3) is 0 Å². The van der Waals surface area contributed by atoms with Gasteiger partial charge in [0, 0.05) is 12.1 Å². The van der Waals surface area contributed by atoms with Gasteiger partial charge >= 0.3 is 0 Å². The number of aromatic nitrogens is 1. The summed E-state index contributed by atoms with van der Waals surface area (Å²) in [6.45, 7) is 0.408. The molecule has 3 rings (SSSR count). The highest BCUT2D eigenvalue weighted by Crippen LogP contribution is 2.30. The molecule has 94 valence electrons. The zero-order valence-corrected chi connectivity index (χ0v) is 10.1. The van der Waals surface area contributed by atoms with Crippen LogP contribution in [0.2, 0.25) is 0 Å². The summed E-state index contributed by atoms with van der Waals surface area (Å²) < 4.78 is 10.7. The van der Waals surface area contributed by atoms with E-state index in [2.05, 4.69) is 17.3 Å². The van der Waals surface area contributed by atoms with Crippen molar-refractivity contribution in [2.75, 3.05) is 0 Å². The van der Waals surface area contributed by atoms with E-state index in [0.29, 0.717) is 6.61 Å². The topological polar surface area (TPSA) is 61.3 Å². The van der Waals surface area contributed by atoms with E-state index in [9.17, 15) is 0 Å². The summed E-state index contributed by atoms with van der Waals surface area (Å²) in [7, 11) is 0. The molecule has 1 atom stereocenters. The lowest BCUT2D eigenvalue weighted by Gasteiger charge is -2.22. The maximum absolute atomic E-state index is 6.08. The Balaban J connectivity index is 1.74. The van der Waals surface area contributed by atoms with E-state index in [1.54, 1.807) is 12.3 Å². The van der Waals surface area contributed by atoms with Crippen LogP contribution in [0.5, 0.6) is 5.75 Å². The van der Waals surface area contributed by atoms with E-state index in [-0.39, 0.29) is 6.04 Å². The largest absolute Gasteiger partial charge is 0.486 e. The van der Waals surface area contributed by atoms with E-state index in [1.807, 2.05) is 6.07 Å². The Hall–Kier alpha value is -1.81. The Kier molecular flexibility index (Phi) is 3.02. The molecule has 1 aromatic heterocycles. The van der Waals surface area contributed by atoms with Crippen LogP contribution in [-0.2, 0) is 13.0 Å². The third-order valence-electron chi connectivity index (χ3n) is 3.35. The number of hydrogen-bond donors (Lipinski definition) is 1. The third kappa shape index (κ3) is 2.24. The van der Waals surface area contributed by atoms with Crippen molar-refractivity contribution >= 4 is 0 Å². The van der Waals surface area contributed by atoms with E-state index in [0.717, 1.165) is 30.8 Å². The van der Waals surface area contributed by atoms with Crippen LogP contribution in [0.1, 0.15) is 35.8 Å². The molecule has 0 aliphatic heterocycles. The van der Waals surface area contributed by atoms with Gasteiger partial charge in [-0.25, -0.2) is 0 Å². The van der Waals surface area contributed by atoms with Gasteiger partial charge in [-0.2, -0.15) is 0 Å². The van der Waals surface area contributed by atoms with Crippen molar-refractivity contribution in [3.63, 3.8) is 0 Å². The van der Waals surface area contributed by atoms with Crippen molar-refractivity contribution < 1.29 is 9.26 Å². The highest BCUT2D eigenvalue weighted by molar-refractivity contribution is 5.38. The summed E-state index contributed by atoms with van der Waals surface area (Å²) in [6, 6.07) is 8.12. The molecule has 0 spiro atoms. The van der Waals surface area contributed by atoms with Crippen molar-refractivity contribution in [3.8, 4) is 5.75 Å². The first kappa shape index (κ1) is 11.3. The second kappa shape index (κ2) is 4.82. The molecule has 0 radical (unpaired) electrons. The molecule has 0 saturated carbocycles. The summed E-state index contributed by atoms with van der Waals surface area (Å²) in [6.07, 6.45) is 4.93. The number of aryl methyl sites for hydroxylation is 1. The van der Waals surface area contributed by atoms with Gasteiger partial charge in [0.05, 0.1) is 6.20 Å². The van der Waals surface area contributed by atoms with E-state index < -0.39 is 0 Å². The molecule has 2 N–H and O–H groups in total. The molecule has 0 fully saturated rings. The molecule has 4 nitrogen and oxygen atoms in total. The van der Waals surface area contributed by atoms with Crippen LogP contribution >= 0.6 is 0 Å². The fraction of sp³-hybridized carbons (Fsp3) is 0.357. The van der Waals surface area contributed by atoms with Gasteiger partial charge in [-0.05, 0) is 42.5 Å². The van der Waals surface area contributed by atoms with Crippen LogP contribution in [0, 0.1) is 0 Å². The SMILES string of the molecule is NC1CCCc2cc(OCc3ccno3)ccc21. The van der Waals surface area contributed by atoms with Crippen molar-refractivity contribution in [1.29, 1.82) is 0 Å². The van der Waals surface area contributed by atoms with E-state index in [4.69, 9.17) is 15.0 Å². The van der Waals surface area contributed by atoms with Crippen LogP contribution in [-0.4, -0.2) is 5.16 Å². The minimum atomic E-state index is 0.178. The van der Waals surface area contributed by atoms with E-state index in [1.165, 1.54) is 11.1 Å². The summed E-state index contributed by atoms with van der Waals surface area (Å²) in [5.74, 6) is 1.59. The van der Waals surface area contributed by atoms with Crippen LogP contribution < -0.4 is 10.5 Å². The van der Waals surface area contributed by atoms with Crippen LogP contribution in [0.15, 0.2) is 35.0 Å². The molecule has 0 amide bonds. The Labute approximate surface area is 106 Å². The first-order chi connectivity index (χ1) is 8.83. The van der Waals surface area contributed by atoms with Gasteiger partial charge in [0.15, 0.2) is 5.76 Å². The van der Waals surface area contributed by atoms with Gasteiger partial charge in [0.2, 0.25) is 0 Å². The molecule has 1 aromatic carbocycles. The lowest BCUT2D eigenvalue weighted by molar-refractivity contribution is 0.249. The highest BCUT2D eigenvalue weighted by atomic mass is 16.5. The summed E-state index contributed by atoms with van der Waals surface area (Å²) in [5, 5.41) is 3.64. The van der Waals surface area contributed by atoms with Crippen molar-refractivity contribution in [3.05, 3.63) is 47.3 Å². The molecule has 1 unspecified atom stereocenters. The molecule has 1 aliphatic carbocycles. The summed E-state index contributed by atoms with van der Waals surface area (Å²) in [4.78, 5) is 0. The molecule has 0 bridgehead atoms. The van der Waals surface area contributed by atoms with Crippen molar-refractivity contribution in [2.45, 2.75) is 31.9 Å². The zero-order chi connectivity index (χ0) is 12.4. The minimum Gasteiger partial charge on any atom is -0.486 e. The van der Waals surface area contributed by atoms with Gasteiger partial charge in [-0.1, -0.05) is 11.2 Å². The van der Waals surface area contributed by atoms with E-state index >= 15 is 0 Å². The number of nitrogens with zero attached hydrogens (tertiary/aromatic N) is 1. The van der Waals surface area contributed by atoms with Gasteiger partial charge in [0.25, 0.3) is 0 Å². The predicted molar refractivity (Wildman–Crippen MR) is 67.1 cm³/mol. The molecule has 1 aliphatic rings. The smallest absolute Gasteiger partial charge is 0.174 e. The Bertz CT molecular complexity index is 523. The highest BCUT2D eigenvalue weighted by Gasteiger charge is 2.17. The van der Waals surface area contributed by atoms with Crippen molar-refractivity contribution in [1.82, 2.24) is 5.16 Å². The lowest BCUT2D eigenvalue weighted by Crippen LogP contribution is -2.17. The molecular weight excluding hydrogens is 228 g/mol. The monoisotopic (exact) mass is 244 g/mol. The van der Waals surface area contributed by atoms with Crippen LogP contribution in [0.4, 0.5) is 0 Å². The lowest BCUT2D eigenvalue weighted by atomic mass is 9.88. The van der Waals surface area contributed by atoms with Gasteiger partial charge < -0.3 is 15.0 Å². The standard InChI is InChI=1S/C14H16N2O2/c15-14-3-1-2-10-8-11(4-5-13(10)14)17-9-12-6-7-16-18-12/h4-8,14H,1-3,9,15H2. The maximum atomic E-state index is 6.08. The number of nitrogens with two attached hydrogens (primary N) is 1. The fourth-order valence-electron chi connectivity index (χ4n) is 2.39. The molecule has 4 heteroatoms. The van der Waals surface area contributed by atoms with Gasteiger partial charge in [-0.3, -0.25) is 0 Å². The number of rotatable bonds is 3. The zero-order valence-electron chi connectivity index (χ0n) is 10.1. The number of benzene rings is 1. The molecule has 2 aromatic rings. The summed E-state index contributed by atoms with van der Waals surface area (Å²) in [5.41, 5.74) is 8.65. The Morgan fingerprint density at radius 3 is 3.17 bits per heavy atom. The Morgan fingerprint density at radius 1 is 1.39 bits per heavy atom. The summed E-state index contributed by atoms with van der Waals surface area (Å²) >= 11 is 0. The third-order valence-corrected chi connectivity index (χ3v) is 3.35. The average Bonchev–Trinajstić information content (AvgIpc) is 2.90. The average molecular weight is 244 g/mol. The van der Waals surface area contributed by atoms with Crippen molar-refractivity contribution in [2.24, 2.45) is 5.73 Å². The number of hydrogen-bond acceptors (Lipinski definition) is 4. The first-order valence-corrected chi connectivity index (χ1v) is 6.24. The van der Waals surface area contributed by atoms with Crippen LogP contribution in [0.3, 0.4) is 0 Å². The molecule has 18 heavy (non-hydrogen) atoms.